The molecule has 0 aromatic heterocycles. The lowest BCUT2D eigenvalue weighted by Crippen LogP contribution is -2.50. The van der Waals surface area contributed by atoms with Gasteiger partial charge < -0.3 is 0 Å². The fourth-order valence-corrected chi connectivity index (χ4v) is 1.61. The van der Waals surface area contributed by atoms with Gasteiger partial charge in [-0.1, -0.05) is 0 Å². The molecule has 0 spiro atoms. The Bertz CT molecular complexity index is 264. The minimum absolute atomic E-state index is 0.582. The Hall–Kier alpha value is 0.0600. The lowest BCUT2D eigenvalue weighted by molar-refractivity contribution is 0.229. The average molecular weight is 236 g/mol. The third-order valence-corrected chi connectivity index (χ3v) is 3.46. The maximum Gasteiger partial charge on any atom is 0.350 e. The van der Waals surface area contributed by atoms with Crippen molar-refractivity contribution >= 4 is 21.6 Å². The second kappa shape index (κ2) is 4.06. The number of sulfonamides is 1. The van der Waals surface area contributed by atoms with Crippen LogP contribution in [0.2, 0.25) is 0 Å². The molecule has 1 unspecified atom stereocenters. The molecule has 13 heavy (non-hydrogen) atoms. The van der Waals surface area contributed by atoms with Gasteiger partial charge in [0.2, 0.25) is 0 Å². The molecule has 0 aromatic carbocycles. The molecular formula is C6H12ClF2NO2S. The molecule has 0 rings (SSSR count). The monoisotopic (exact) mass is 235 g/mol. The van der Waals surface area contributed by atoms with Crippen LogP contribution in [-0.4, -0.2) is 25.1 Å². The van der Waals surface area contributed by atoms with Crippen LogP contribution in [0, 0.1) is 0 Å². The molecule has 0 heterocycles. The third kappa shape index (κ3) is 3.74. The maximum atomic E-state index is 11.9. The van der Waals surface area contributed by atoms with Gasteiger partial charge in [-0.2, -0.15) is 8.78 Å². The molecule has 0 aromatic rings. The van der Waals surface area contributed by atoms with Crippen LogP contribution < -0.4 is 4.72 Å². The Kier molecular flexibility index (Phi) is 4.08. The lowest BCUT2D eigenvalue weighted by Gasteiger charge is -2.28. The second-order valence-corrected chi connectivity index (χ2v) is 5.55. The van der Waals surface area contributed by atoms with Crippen LogP contribution >= 0.6 is 11.6 Å². The van der Waals surface area contributed by atoms with Crippen LogP contribution in [0.3, 0.4) is 0 Å². The predicted molar refractivity (Wildman–Crippen MR) is 47.5 cm³/mol. The summed E-state index contributed by atoms with van der Waals surface area (Å²) in [6.07, 6.45) is 0. The van der Waals surface area contributed by atoms with E-state index in [0.717, 1.165) is 0 Å². The van der Waals surface area contributed by atoms with Crippen LogP contribution in [-0.2, 0) is 10.0 Å². The van der Waals surface area contributed by atoms with Crippen LogP contribution in [0.1, 0.15) is 20.8 Å². The molecule has 0 radical (unpaired) electrons. The number of halogens is 3. The number of alkyl halides is 3. The maximum absolute atomic E-state index is 11.9. The van der Waals surface area contributed by atoms with Crippen molar-refractivity contribution in [2.75, 3.05) is 0 Å². The zero-order valence-electron chi connectivity index (χ0n) is 7.51. The molecule has 0 saturated heterocycles. The van der Waals surface area contributed by atoms with Crippen molar-refractivity contribution in [3.63, 3.8) is 0 Å². The number of hydrogen-bond acceptors (Lipinski definition) is 2. The van der Waals surface area contributed by atoms with Gasteiger partial charge in [-0.05, 0) is 20.8 Å². The largest absolute Gasteiger partial charge is 0.350 e. The van der Waals surface area contributed by atoms with Gasteiger partial charge in [-0.15, -0.1) is 11.6 Å². The summed E-state index contributed by atoms with van der Waals surface area (Å²) >= 11 is 5.61. The van der Waals surface area contributed by atoms with Crippen LogP contribution in [0.5, 0.6) is 0 Å². The third-order valence-electron chi connectivity index (χ3n) is 1.63. The van der Waals surface area contributed by atoms with E-state index in [0.29, 0.717) is 0 Å². The Labute approximate surface area is 81.5 Å². The fourth-order valence-electron chi connectivity index (χ4n) is 0.492. The van der Waals surface area contributed by atoms with Crippen molar-refractivity contribution in [3.8, 4) is 0 Å². The minimum Gasteiger partial charge on any atom is -0.206 e. The standard InChI is InChI=1S/C6H12ClF2NO2S/c1-4(7)6(2,3)10-13(11,12)5(8)9/h4-5,10H,1-3H3. The van der Waals surface area contributed by atoms with Gasteiger partial charge in [0.25, 0.3) is 10.0 Å². The van der Waals surface area contributed by atoms with Gasteiger partial charge in [-0.3, -0.25) is 0 Å². The highest BCUT2D eigenvalue weighted by atomic mass is 35.5. The van der Waals surface area contributed by atoms with E-state index in [4.69, 9.17) is 11.6 Å². The molecular weight excluding hydrogens is 224 g/mol. The molecule has 3 nitrogen and oxygen atoms in total. The molecule has 0 aliphatic heterocycles. The molecule has 0 bridgehead atoms. The van der Waals surface area contributed by atoms with Gasteiger partial charge in [-0.25, -0.2) is 13.1 Å². The van der Waals surface area contributed by atoms with Gasteiger partial charge >= 0.3 is 5.76 Å². The molecule has 0 aliphatic carbocycles. The molecule has 1 atom stereocenters. The van der Waals surface area contributed by atoms with Crippen molar-refractivity contribution < 1.29 is 17.2 Å². The van der Waals surface area contributed by atoms with E-state index in [-0.39, 0.29) is 0 Å². The smallest absolute Gasteiger partial charge is 0.206 e. The highest BCUT2D eigenvalue weighted by molar-refractivity contribution is 7.89. The van der Waals surface area contributed by atoms with Crippen molar-refractivity contribution in [3.05, 3.63) is 0 Å². The summed E-state index contributed by atoms with van der Waals surface area (Å²) < 4.78 is 47.1. The van der Waals surface area contributed by atoms with Crippen molar-refractivity contribution in [1.29, 1.82) is 0 Å². The predicted octanol–water partition coefficient (Wildman–Crippen LogP) is 1.53. The Morgan fingerprint density at radius 1 is 1.38 bits per heavy atom. The topological polar surface area (TPSA) is 46.2 Å². The first kappa shape index (κ1) is 13.1. The van der Waals surface area contributed by atoms with Gasteiger partial charge in [0, 0.05) is 10.9 Å². The number of nitrogens with one attached hydrogen (secondary N) is 1. The van der Waals surface area contributed by atoms with Gasteiger partial charge in [0.15, 0.2) is 0 Å². The minimum atomic E-state index is -4.57. The van der Waals surface area contributed by atoms with E-state index in [1.54, 1.807) is 0 Å². The summed E-state index contributed by atoms with van der Waals surface area (Å²) in [5, 5.41) is -0.582. The first-order valence-electron chi connectivity index (χ1n) is 3.54. The van der Waals surface area contributed by atoms with Crippen LogP contribution in [0.4, 0.5) is 8.78 Å². The summed E-state index contributed by atoms with van der Waals surface area (Å²) in [6, 6.07) is 0. The Balaban J connectivity index is 4.63. The normalized spacial score (nSPS) is 16.2. The molecule has 0 fully saturated rings. The van der Waals surface area contributed by atoms with E-state index < -0.39 is 26.7 Å². The molecule has 7 heteroatoms. The van der Waals surface area contributed by atoms with Gasteiger partial charge in [0.05, 0.1) is 0 Å². The highest BCUT2D eigenvalue weighted by Gasteiger charge is 2.34. The summed E-state index contributed by atoms with van der Waals surface area (Å²) in [6.45, 7) is 4.39. The van der Waals surface area contributed by atoms with Crippen LogP contribution in [0.15, 0.2) is 0 Å². The van der Waals surface area contributed by atoms with Crippen molar-refractivity contribution in [2.45, 2.75) is 37.4 Å². The van der Waals surface area contributed by atoms with Crippen LogP contribution in [0.25, 0.3) is 0 Å². The summed E-state index contributed by atoms with van der Waals surface area (Å²) in [5.41, 5.74) is -1.09. The van der Waals surface area contributed by atoms with Crippen molar-refractivity contribution in [2.24, 2.45) is 0 Å². The Morgan fingerprint density at radius 2 is 1.77 bits per heavy atom. The quantitative estimate of drug-likeness (QED) is 0.752. The molecule has 1 N–H and O–H groups in total. The first-order chi connectivity index (χ1) is 5.59. The molecule has 0 amide bonds. The fraction of sp³-hybridized carbons (Fsp3) is 1.00. The Morgan fingerprint density at radius 3 is 2.00 bits per heavy atom. The zero-order chi connectivity index (χ0) is 10.9. The first-order valence-corrected chi connectivity index (χ1v) is 5.53. The summed E-state index contributed by atoms with van der Waals surface area (Å²) in [7, 11) is -4.57. The zero-order valence-corrected chi connectivity index (χ0v) is 9.09. The molecule has 80 valence electrons. The molecule has 0 aliphatic rings. The summed E-state index contributed by atoms with van der Waals surface area (Å²) in [4.78, 5) is 0. The lowest BCUT2D eigenvalue weighted by atomic mass is 10.0. The molecule has 0 saturated carbocycles. The number of hydrogen-bond donors (Lipinski definition) is 1. The number of rotatable bonds is 4. The second-order valence-electron chi connectivity index (χ2n) is 3.25. The van der Waals surface area contributed by atoms with Crippen molar-refractivity contribution in [1.82, 2.24) is 4.72 Å². The van der Waals surface area contributed by atoms with Gasteiger partial charge in [0.1, 0.15) is 0 Å². The summed E-state index contributed by atoms with van der Waals surface area (Å²) in [5.74, 6) is -3.43. The van der Waals surface area contributed by atoms with E-state index in [2.05, 4.69) is 0 Å². The van der Waals surface area contributed by atoms with E-state index in [1.165, 1.54) is 20.8 Å². The van der Waals surface area contributed by atoms with E-state index in [1.807, 2.05) is 4.72 Å². The average Bonchev–Trinajstić information content (AvgIpc) is 1.83. The van der Waals surface area contributed by atoms with E-state index >= 15 is 0 Å². The SMILES string of the molecule is CC(Cl)C(C)(C)NS(=O)(=O)C(F)F. The highest BCUT2D eigenvalue weighted by Crippen LogP contribution is 2.17. The van der Waals surface area contributed by atoms with E-state index in [9.17, 15) is 17.2 Å².